The maximum absolute atomic E-state index is 13.4. The Morgan fingerprint density at radius 2 is 1.97 bits per heavy atom. The van der Waals surface area contributed by atoms with Gasteiger partial charge in [0.1, 0.15) is 0 Å². The Morgan fingerprint density at radius 3 is 2.81 bits per heavy atom. The number of nitrogens with zero attached hydrogens (tertiary/aromatic N) is 5. The number of hydrogen-bond donors (Lipinski definition) is 0. The molecule has 1 amide bonds. The first-order chi connectivity index (χ1) is 15.7. The SMILES string of the molecule is O=C(c1cccc(Cn2cccn2)c1)N1CCC[C@@H]1c1ccnc(-c2cccc(Cl)c2)n1. The second-order valence-electron chi connectivity index (χ2n) is 7.88. The van der Waals surface area contributed by atoms with Crippen LogP contribution in [-0.2, 0) is 6.54 Å². The zero-order valence-corrected chi connectivity index (χ0v) is 18.2. The molecule has 3 heterocycles. The molecular weight excluding hydrogens is 422 g/mol. The molecule has 6 nitrogen and oxygen atoms in total. The van der Waals surface area contributed by atoms with Gasteiger partial charge in [0.15, 0.2) is 5.82 Å². The molecule has 0 aliphatic carbocycles. The molecule has 5 rings (SSSR count). The second-order valence-corrected chi connectivity index (χ2v) is 8.31. The highest BCUT2D eigenvalue weighted by Crippen LogP contribution is 2.33. The van der Waals surface area contributed by atoms with Gasteiger partial charge < -0.3 is 4.90 Å². The predicted octanol–water partition coefficient (Wildman–Crippen LogP) is 5.02. The van der Waals surface area contributed by atoms with Crippen molar-refractivity contribution in [2.24, 2.45) is 0 Å². The predicted molar refractivity (Wildman–Crippen MR) is 123 cm³/mol. The average molecular weight is 444 g/mol. The summed E-state index contributed by atoms with van der Waals surface area (Å²) >= 11 is 6.14. The molecule has 32 heavy (non-hydrogen) atoms. The molecule has 0 bridgehead atoms. The van der Waals surface area contributed by atoms with E-state index >= 15 is 0 Å². The van der Waals surface area contributed by atoms with Crippen LogP contribution in [0.2, 0.25) is 5.02 Å². The van der Waals surface area contributed by atoms with Crippen molar-refractivity contribution in [2.75, 3.05) is 6.54 Å². The first-order valence-electron chi connectivity index (χ1n) is 10.6. The van der Waals surface area contributed by atoms with E-state index in [0.29, 0.717) is 29.5 Å². The number of carbonyl (C=O) groups is 1. The number of hydrogen-bond acceptors (Lipinski definition) is 4. The van der Waals surface area contributed by atoms with E-state index in [0.717, 1.165) is 29.7 Å². The summed E-state index contributed by atoms with van der Waals surface area (Å²) in [5.74, 6) is 0.642. The lowest BCUT2D eigenvalue weighted by atomic mass is 10.1. The van der Waals surface area contributed by atoms with Crippen molar-refractivity contribution < 1.29 is 4.79 Å². The number of rotatable bonds is 5. The maximum atomic E-state index is 13.4. The highest BCUT2D eigenvalue weighted by molar-refractivity contribution is 6.30. The van der Waals surface area contributed by atoms with E-state index in [1.165, 1.54) is 0 Å². The summed E-state index contributed by atoms with van der Waals surface area (Å²) < 4.78 is 1.85. The highest BCUT2D eigenvalue weighted by Gasteiger charge is 2.32. The first kappa shape index (κ1) is 20.4. The van der Waals surface area contributed by atoms with Crippen molar-refractivity contribution >= 4 is 17.5 Å². The van der Waals surface area contributed by atoms with Crippen LogP contribution in [0.25, 0.3) is 11.4 Å². The number of aromatic nitrogens is 4. The third-order valence-electron chi connectivity index (χ3n) is 5.69. The van der Waals surface area contributed by atoms with Crippen molar-refractivity contribution in [3.05, 3.63) is 101 Å². The van der Waals surface area contributed by atoms with Gasteiger partial charge in [-0.15, -0.1) is 0 Å². The van der Waals surface area contributed by atoms with Crippen molar-refractivity contribution in [1.29, 1.82) is 0 Å². The number of likely N-dealkylation sites (tertiary alicyclic amines) is 1. The van der Waals surface area contributed by atoms with Gasteiger partial charge in [-0.2, -0.15) is 5.10 Å². The Bertz CT molecular complexity index is 1240. The van der Waals surface area contributed by atoms with Crippen molar-refractivity contribution in [2.45, 2.75) is 25.4 Å². The van der Waals surface area contributed by atoms with Gasteiger partial charge >= 0.3 is 0 Å². The summed E-state index contributed by atoms with van der Waals surface area (Å²) in [6, 6.07) is 19.0. The number of amides is 1. The van der Waals surface area contributed by atoms with Gasteiger partial charge in [-0.3, -0.25) is 9.48 Å². The van der Waals surface area contributed by atoms with Gasteiger partial charge in [0, 0.05) is 41.3 Å². The van der Waals surface area contributed by atoms with Crippen LogP contribution in [-0.4, -0.2) is 37.1 Å². The minimum absolute atomic E-state index is 0.0257. The smallest absolute Gasteiger partial charge is 0.254 e. The normalized spacial score (nSPS) is 15.8. The number of carbonyl (C=O) groups excluding carboxylic acids is 1. The Kier molecular flexibility index (Phi) is 5.69. The Hall–Kier alpha value is -3.51. The number of halogens is 1. The zero-order chi connectivity index (χ0) is 21.9. The molecule has 0 spiro atoms. The van der Waals surface area contributed by atoms with Crippen LogP contribution in [0.5, 0.6) is 0 Å². The number of benzene rings is 2. The van der Waals surface area contributed by atoms with Gasteiger partial charge in [-0.05, 0) is 54.8 Å². The molecule has 1 atom stereocenters. The third kappa shape index (κ3) is 4.27. The highest BCUT2D eigenvalue weighted by atomic mass is 35.5. The average Bonchev–Trinajstić information content (AvgIpc) is 3.51. The van der Waals surface area contributed by atoms with Gasteiger partial charge in [0.2, 0.25) is 0 Å². The van der Waals surface area contributed by atoms with Gasteiger partial charge in [0.25, 0.3) is 5.91 Å². The lowest BCUT2D eigenvalue weighted by Crippen LogP contribution is -2.31. The van der Waals surface area contributed by atoms with Gasteiger partial charge in [0.05, 0.1) is 18.3 Å². The minimum atomic E-state index is -0.0711. The summed E-state index contributed by atoms with van der Waals surface area (Å²) in [5.41, 5.74) is 3.45. The van der Waals surface area contributed by atoms with Crippen LogP contribution < -0.4 is 0 Å². The molecule has 0 unspecified atom stereocenters. The monoisotopic (exact) mass is 443 g/mol. The van der Waals surface area contributed by atoms with E-state index in [1.807, 2.05) is 76.4 Å². The first-order valence-corrected chi connectivity index (χ1v) is 11.0. The van der Waals surface area contributed by atoms with E-state index in [1.54, 1.807) is 12.4 Å². The van der Waals surface area contributed by atoms with Crippen LogP contribution in [0.3, 0.4) is 0 Å². The molecular formula is C25H22ClN5O. The molecule has 0 radical (unpaired) electrons. The van der Waals surface area contributed by atoms with Crippen LogP contribution >= 0.6 is 11.6 Å². The minimum Gasteiger partial charge on any atom is -0.330 e. The lowest BCUT2D eigenvalue weighted by Gasteiger charge is -2.25. The molecule has 1 saturated heterocycles. The summed E-state index contributed by atoms with van der Waals surface area (Å²) in [7, 11) is 0. The van der Waals surface area contributed by atoms with E-state index in [-0.39, 0.29) is 11.9 Å². The van der Waals surface area contributed by atoms with Gasteiger partial charge in [-0.1, -0.05) is 35.9 Å². The van der Waals surface area contributed by atoms with Crippen LogP contribution in [0.4, 0.5) is 0 Å². The van der Waals surface area contributed by atoms with Crippen LogP contribution in [0, 0.1) is 0 Å². The van der Waals surface area contributed by atoms with Crippen molar-refractivity contribution in [3.8, 4) is 11.4 Å². The lowest BCUT2D eigenvalue weighted by molar-refractivity contribution is 0.0732. The summed E-state index contributed by atoms with van der Waals surface area (Å²) in [6.07, 6.45) is 7.25. The van der Waals surface area contributed by atoms with Gasteiger partial charge in [-0.25, -0.2) is 9.97 Å². The molecule has 0 N–H and O–H groups in total. The largest absolute Gasteiger partial charge is 0.330 e. The molecule has 160 valence electrons. The summed E-state index contributed by atoms with van der Waals surface area (Å²) in [6.45, 7) is 1.34. The van der Waals surface area contributed by atoms with E-state index < -0.39 is 0 Å². The molecule has 1 fully saturated rings. The fourth-order valence-corrected chi connectivity index (χ4v) is 4.38. The Labute approximate surface area is 191 Å². The zero-order valence-electron chi connectivity index (χ0n) is 17.4. The van der Waals surface area contributed by atoms with Crippen LogP contribution in [0.1, 0.15) is 40.5 Å². The topological polar surface area (TPSA) is 63.9 Å². The Balaban J connectivity index is 1.39. The molecule has 1 aliphatic heterocycles. The summed E-state index contributed by atoms with van der Waals surface area (Å²) in [5, 5.41) is 4.90. The molecule has 7 heteroatoms. The maximum Gasteiger partial charge on any atom is 0.254 e. The standard InChI is InChI=1S/C25H22ClN5O/c26-21-8-2-6-19(16-21)24-27-12-10-22(29-24)23-9-3-14-31(23)25(32)20-7-1-5-18(15-20)17-30-13-4-11-28-30/h1-2,4-8,10-13,15-16,23H,3,9,14,17H2/t23-/m1/s1. The third-order valence-corrected chi connectivity index (χ3v) is 5.93. The molecule has 4 aromatic rings. The van der Waals surface area contributed by atoms with Crippen molar-refractivity contribution in [3.63, 3.8) is 0 Å². The molecule has 0 saturated carbocycles. The fourth-order valence-electron chi connectivity index (χ4n) is 4.19. The van der Waals surface area contributed by atoms with E-state index in [9.17, 15) is 4.79 Å². The summed E-state index contributed by atoms with van der Waals surface area (Å²) in [4.78, 5) is 24.6. The second kappa shape index (κ2) is 8.93. The molecule has 2 aromatic heterocycles. The van der Waals surface area contributed by atoms with E-state index in [2.05, 4.69) is 10.1 Å². The molecule has 2 aromatic carbocycles. The fraction of sp³-hybridized carbons (Fsp3) is 0.200. The van der Waals surface area contributed by atoms with E-state index in [4.69, 9.17) is 16.6 Å². The Morgan fingerprint density at radius 1 is 1.06 bits per heavy atom. The van der Waals surface area contributed by atoms with Crippen molar-refractivity contribution in [1.82, 2.24) is 24.6 Å². The quantitative estimate of drug-likeness (QED) is 0.434. The van der Waals surface area contributed by atoms with Crippen LogP contribution in [0.15, 0.2) is 79.3 Å². The molecule has 1 aliphatic rings.